The Morgan fingerprint density at radius 1 is 1.24 bits per heavy atom. The van der Waals surface area contributed by atoms with Crippen LogP contribution in [0.2, 0.25) is 0 Å². The largest absolute Gasteiger partial charge is 0.325 e. The Kier molecular flexibility index (Phi) is 3.92. The van der Waals surface area contributed by atoms with Crippen LogP contribution in [-0.2, 0) is 4.79 Å². The zero-order chi connectivity index (χ0) is 14.8. The molecule has 0 radical (unpaired) electrons. The van der Waals surface area contributed by atoms with Crippen molar-refractivity contribution in [1.82, 2.24) is 15.5 Å². The van der Waals surface area contributed by atoms with Gasteiger partial charge in [-0.3, -0.25) is 9.69 Å². The SMILES string of the molecule is Cc1ccc(C2NC(=O)N(CC3CCCNC3)C2=O)cc1. The zero-order valence-electron chi connectivity index (χ0n) is 12.3. The molecule has 2 fully saturated rings. The second-order valence-corrected chi connectivity index (χ2v) is 5.95. The first-order valence-electron chi connectivity index (χ1n) is 7.54. The lowest BCUT2D eigenvalue weighted by atomic mass is 9.99. The van der Waals surface area contributed by atoms with E-state index in [0.29, 0.717) is 12.5 Å². The van der Waals surface area contributed by atoms with Crippen LogP contribution in [-0.4, -0.2) is 36.5 Å². The van der Waals surface area contributed by atoms with Gasteiger partial charge in [0.2, 0.25) is 0 Å². The average Bonchev–Trinajstić information content (AvgIpc) is 2.77. The number of hydrogen-bond donors (Lipinski definition) is 2. The number of piperidine rings is 1. The second-order valence-electron chi connectivity index (χ2n) is 5.95. The monoisotopic (exact) mass is 287 g/mol. The maximum atomic E-state index is 12.5. The maximum absolute atomic E-state index is 12.5. The van der Waals surface area contributed by atoms with Gasteiger partial charge in [0.25, 0.3) is 5.91 Å². The van der Waals surface area contributed by atoms with Crippen LogP contribution in [0.15, 0.2) is 24.3 Å². The fourth-order valence-electron chi connectivity index (χ4n) is 3.01. The van der Waals surface area contributed by atoms with Gasteiger partial charge in [-0.25, -0.2) is 4.79 Å². The Hall–Kier alpha value is -1.88. The van der Waals surface area contributed by atoms with Gasteiger partial charge in [0.05, 0.1) is 0 Å². The van der Waals surface area contributed by atoms with Crippen molar-refractivity contribution in [2.24, 2.45) is 5.92 Å². The summed E-state index contributed by atoms with van der Waals surface area (Å²) in [4.78, 5) is 26.0. The van der Waals surface area contributed by atoms with Crippen LogP contribution < -0.4 is 10.6 Å². The number of nitrogens with zero attached hydrogens (tertiary/aromatic N) is 1. The molecule has 2 N–H and O–H groups in total. The van der Waals surface area contributed by atoms with E-state index in [-0.39, 0.29) is 11.9 Å². The lowest BCUT2D eigenvalue weighted by Crippen LogP contribution is -2.41. The van der Waals surface area contributed by atoms with Crippen molar-refractivity contribution < 1.29 is 9.59 Å². The molecule has 2 heterocycles. The number of carbonyl (C=O) groups is 2. The summed E-state index contributed by atoms with van der Waals surface area (Å²) in [6.07, 6.45) is 2.18. The van der Waals surface area contributed by atoms with E-state index in [4.69, 9.17) is 0 Å². The first-order valence-corrected chi connectivity index (χ1v) is 7.54. The summed E-state index contributed by atoms with van der Waals surface area (Å²) in [5.74, 6) is 0.236. The van der Waals surface area contributed by atoms with Gasteiger partial charge in [0.15, 0.2) is 0 Å². The molecule has 21 heavy (non-hydrogen) atoms. The number of nitrogens with one attached hydrogen (secondary N) is 2. The predicted molar refractivity (Wildman–Crippen MR) is 79.8 cm³/mol. The smallest absolute Gasteiger partial charge is 0.322 e. The van der Waals surface area contributed by atoms with Gasteiger partial charge >= 0.3 is 6.03 Å². The number of carbonyl (C=O) groups excluding carboxylic acids is 2. The lowest BCUT2D eigenvalue weighted by Gasteiger charge is -2.25. The van der Waals surface area contributed by atoms with E-state index in [2.05, 4.69) is 10.6 Å². The number of imide groups is 1. The van der Waals surface area contributed by atoms with Crippen LogP contribution in [0.5, 0.6) is 0 Å². The molecule has 1 aromatic rings. The summed E-state index contributed by atoms with van der Waals surface area (Å²) in [7, 11) is 0. The van der Waals surface area contributed by atoms with Crippen molar-refractivity contribution in [2.45, 2.75) is 25.8 Å². The molecule has 5 heteroatoms. The standard InChI is InChI=1S/C16H21N3O2/c1-11-4-6-13(7-5-11)14-15(20)19(16(21)18-14)10-12-3-2-8-17-9-12/h4-7,12,14,17H,2-3,8-10H2,1H3,(H,18,21). The molecule has 2 saturated heterocycles. The minimum absolute atomic E-state index is 0.130. The third-order valence-corrected chi connectivity index (χ3v) is 4.28. The zero-order valence-corrected chi connectivity index (χ0v) is 12.3. The molecule has 1 aromatic carbocycles. The summed E-state index contributed by atoms with van der Waals surface area (Å²) < 4.78 is 0. The van der Waals surface area contributed by atoms with E-state index < -0.39 is 6.04 Å². The summed E-state index contributed by atoms with van der Waals surface area (Å²) in [6, 6.07) is 6.93. The Balaban J connectivity index is 1.71. The molecule has 0 aromatic heterocycles. The molecule has 2 atom stereocenters. The topological polar surface area (TPSA) is 61.4 Å². The van der Waals surface area contributed by atoms with Crippen LogP contribution in [0, 0.1) is 12.8 Å². The minimum atomic E-state index is -0.533. The summed E-state index contributed by atoms with van der Waals surface area (Å²) >= 11 is 0. The van der Waals surface area contributed by atoms with E-state index in [0.717, 1.165) is 37.1 Å². The predicted octanol–water partition coefficient (Wildman–Crippen LogP) is 1.59. The van der Waals surface area contributed by atoms with Crippen LogP contribution in [0.3, 0.4) is 0 Å². The van der Waals surface area contributed by atoms with Crippen LogP contribution in [0.1, 0.15) is 30.0 Å². The first-order chi connectivity index (χ1) is 10.1. The van der Waals surface area contributed by atoms with Gasteiger partial charge in [0, 0.05) is 6.54 Å². The molecular formula is C16H21N3O2. The summed E-state index contributed by atoms with van der Waals surface area (Å²) in [5, 5.41) is 6.11. The van der Waals surface area contributed by atoms with E-state index in [1.165, 1.54) is 4.90 Å². The Morgan fingerprint density at radius 3 is 2.67 bits per heavy atom. The number of aryl methyl sites for hydroxylation is 1. The highest BCUT2D eigenvalue weighted by atomic mass is 16.2. The molecule has 0 saturated carbocycles. The molecule has 2 aliphatic rings. The first kappa shape index (κ1) is 14.1. The summed E-state index contributed by atoms with van der Waals surface area (Å²) in [5.41, 5.74) is 1.99. The Labute approximate surface area is 124 Å². The van der Waals surface area contributed by atoms with Gasteiger partial charge in [-0.15, -0.1) is 0 Å². The number of amides is 3. The molecule has 0 aliphatic carbocycles. The van der Waals surface area contributed by atoms with Crippen molar-refractivity contribution in [3.05, 3.63) is 35.4 Å². The number of hydrogen-bond acceptors (Lipinski definition) is 3. The molecule has 2 unspecified atom stereocenters. The fraction of sp³-hybridized carbons (Fsp3) is 0.500. The lowest BCUT2D eigenvalue weighted by molar-refractivity contribution is -0.128. The van der Waals surface area contributed by atoms with Gasteiger partial charge in [0.1, 0.15) is 6.04 Å². The molecule has 3 rings (SSSR count). The van der Waals surface area contributed by atoms with Gasteiger partial charge in [-0.2, -0.15) is 0 Å². The fourth-order valence-corrected chi connectivity index (χ4v) is 3.01. The van der Waals surface area contributed by atoms with Crippen molar-refractivity contribution in [2.75, 3.05) is 19.6 Å². The van der Waals surface area contributed by atoms with Gasteiger partial charge in [-0.1, -0.05) is 29.8 Å². The Bertz CT molecular complexity index is 535. The molecule has 5 nitrogen and oxygen atoms in total. The molecule has 0 spiro atoms. The van der Waals surface area contributed by atoms with E-state index in [1.54, 1.807) is 0 Å². The van der Waals surface area contributed by atoms with Crippen molar-refractivity contribution >= 4 is 11.9 Å². The van der Waals surface area contributed by atoms with Crippen molar-refractivity contribution in [1.29, 1.82) is 0 Å². The number of rotatable bonds is 3. The van der Waals surface area contributed by atoms with Crippen LogP contribution in [0.4, 0.5) is 4.79 Å². The summed E-state index contributed by atoms with van der Waals surface area (Å²) in [6.45, 7) is 4.43. The molecule has 3 amide bonds. The van der Waals surface area contributed by atoms with Crippen molar-refractivity contribution in [3.63, 3.8) is 0 Å². The molecule has 112 valence electrons. The van der Waals surface area contributed by atoms with Gasteiger partial charge < -0.3 is 10.6 Å². The second kappa shape index (κ2) is 5.85. The highest BCUT2D eigenvalue weighted by Crippen LogP contribution is 2.24. The van der Waals surface area contributed by atoms with Gasteiger partial charge in [-0.05, 0) is 44.3 Å². The normalized spacial score (nSPS) is 26.0. The maximum Gasteiger partial charge on any atom is 0.325 e. The number of benzene rings is 1. The van der Waals surface area contributed by atoms with E-state index in [1.807, 2.05) is 31.2 Å². The Morgan fingerprint density at radius 2 is 2.00 bits per heavy atom. The third-order valence-electron chi connectivity index (χ3n) is 4.28. The minimum Gasteiger partial charge on any atom is -0.322 e. The third kappa shape index (κ3) is 2.93. The molecule has 2 aliphatic heterocycles. The average molecular weight is 287 g/mol. The van der Waals surface area contributed by atoms with Crippen molar-refractivity contribution in [3.8, 4) is 0 Å². The quantitative estimate of drug-likeness (QED) is 0.830. The van der Waals surface area contributed by atoms with Crippen LogP contribution >= 0.6 is 0 Å². The highest BCUT2D eigenvalue weighted by Gasteiger charge is 2.39. The van der Waals surface area contributed by atoms with Crippen LogP contribution in [0.25, 0.3) is 0 Å². The van der Waals surface area contributed by atoms with E-state index in [9.17, 15) is 9.59 Å². The van der Waals surface area contributed by atoms with E-state index >= 15 is 0 Å². The molecular weight excluding hydrogens is 266 g/mol. The molecule has 0 bridgehead atoms. The number of urea groups is 1. The highest BCUT2D eigenvalue weighted by molar-refractivity contribution is 6.04.